The van der Waals surface area contributed by atoms with Crippen molar-refractivity contribution in [1.29, 1.82) is 0 Å². The molecule has 1 aromatic rings. The van der Waals surface area contributed by atoms with Crippen molar-refractivity contribution in [2.75, 3.05) is 31.6 Å². The molecule has 2 N–H and O–H groups in total. The molecule has 0 atom stereocenters. The Morgan fingerprint density at radius 3 is 2.59 bits per heavy atom. The topological polar surface area (TPSA) is 42.5 Å². The average molecular weight is 236 g/mol. The molecule has 1 fully saturated rings. The van der Waals surface area contributed by atoms with Crippen LogP contribution in [0, 0.1) is 0 Å². The molecule has 0 saturated carbocycles. The smallest absolute Gasteiger partial charge is 0.142 e. The summed E-state index contributed by atoms with van der Waals surface area (Å²) >= 11 is 0. The lowest BCUT2D eigenvalue weighted by molar-refractivity contribution is 0.331. The van der Waals surface area contributed by atoms with Gasteiger partial charge in [-0.15, -0.1) is 0 Å². The monoisotopic (exact) mass is 236 g/mol. The van der Waals surface area contributed by atoms with Gasteiger partial charge >= 0.3 is 0 Å². The summed E-state index contributed by atoms with van der Waals surface area (Å²) in [5, 5.41) is 6.70. The lowest BCUT2D eigenvalue weighted by Gasteiger charge is -2.29. The van der Waals surface area contributed by atoms with E-state index in [0.717, 1.165) is 30.3 Å². The molecule has 1 heterocycles. The minimum Gasteiger partial charge on any atom is -0.494 e. The van der Waals surface area contributed by atoms with Crippen molar-refractivity contribution in [3.8, 4) is 11.5 Å². The van der Waals surface area contributed by atoms with Crippen LogP contribution in [0.5, 0.6) is 11.5 Å². The summed E-state index contributed by atoms with van der Waals surface area (Å²) < 4.78 is 11.1. The third-order valence-electron chi connectivity index (χ3n) is 2.70. The van der Waals surface area contributed by atoms with Crippen LogP contribution in [0.4, 0.5) is 5.69 Å². The second-order valence-corrected chi connectivity index (χ2v) is 4.02. The molecule has 1 aromatic carbocycles. The lowest BCUT2D eigenvalue weighted by Crippen LogP contribution is -2.51. The van der Waals surface area contributed by atoms with Gasteiger partial charge in [-0.3, -0.25) is 0 Å². The van der Waals surface area contributed by atoms with Crippen LogP contribution < -0.4 is 20.1 Å². The van der Waals surface area contributed by atoms with Crippen LogP contribution in [-0.4, -0.2) is 32.3 Å². The maximum atomic E-state index is 5.60. The molecule has 0 aliphatic carbocycles. The highest BCUT2D eigenvalue weighted by atomic mass is 16.5. The second-order valence-electron chi connectivity index (χ2n) is 4.02. The van der Waals surface area contributed by atoms with Gasteiger partial charge in [0.25, 0.3) is 0 Å². The Hall–Kier alpha value is -1.42. The molecule has 4 nitrogen and oxygen atoms in total. The van der Waals surface area contributed by atoms with Gasteiger partial charge in [0.2, 0.25) is 0 Å². The highest BCUT2D eigenvalue weighted by Crippen LogP contribution is 2.30. The Kier molecular flexibility index (Phi) is 4.09. The second kappa shape index (κ2) is 5.77. The molecule has 1 aliphatic rings. The molecule has 0 amide bonds. The summed E-state index contributed by atoms with van der Waals surface area (Å²) in [6, 6.07) is 6.40. The molecule has 0 radical (unpaired) electrons. The zero-order chi connectivity index (χ0) is 12.1. The molecular weight excluding hydrogens is 216 g/mol. The largest absolute Gasteiger partial charge is 0.494 e. The van der Waals surface area contributed by atoms with Crippen LogP contribution in [0.3, 0.4) is 0 Å². The molecule has 17 heavy (non-hydrogen) atoms. The summed E-state index contributed by atoms with van der Waals surface area (Å²) in [6.07, 6.45) is 0. The highest BCUT2D eigenvalue weighted by Gasteiger charge is 2.18. The van der Waals surface area contributed by atoms with Gasteiger partial charge in [-0.05, 0) is 26.0 Å². The van der Waals surface area contributed by atoms with E-state index < -0.39 is 0 Å². The summed E-state index contributed by atoms with van der Waals surface area (Å²) in [5.74, 6) is 1.77. The summed E-state index contributed by atoms with van der Waals surface area (Å²) in [4.78, 5) is 0. The minimum absolute atomic E-state index is 0.492. The van der Waals surface area contributed by atoms with Crippen LogP contribution in [0.15, 0.2) is 18.2 Å². The summed E-state index contributed by atoms with van der Waals surface area (Å²) in [7, 11) is 0. The van der Waals surface area contributed by atoms with Gasteiger partial charge < -0.3 is 20.1 Å². The predicted octanol–water partition coefficient (Wildman–Crippen LogP) is 1.87. The minimum atomic E-state index is 0.492. The third kappa shape index (κ3) is 3.03. The van der Waals surface area contributed by atoms with Gasteiger partial charge in [0, 0.05) is 19.2 Å². The van der Waals surface area contributed by atoms with Gasteiger partial charge in [-0.1, -0.05) is 0 Å². The van der Waals surface area contributed by atoms with Crippen LogP contribution in [-0.2, 0) is 0 Å². The predicted molar refractivity (Wildman–Crippen MR) is 69.1 cm³/mol. The van der Waals surface area contributed by atoms with E-state index in [0.29, 0.717) is 19.3 Å². The number of anilines is 1. The van der Waals surface area contributed by atoms with Crippen LogP contribution >= 0.6 is 0 Å². The van der Waals surface area contributed by atoms with Gasteiger partial charge in [0.15, 0.2) is 0 Å². The van der Waals surface area contributed by atoms with E-state index in [1.54, 1.807) is 0 Å². The number of rotatable bonds is 6. The number of benzene rings is 1. The quantitative estimate of drug-likeness (QED) is 0.791. The van der Waals surface area contributed by atoms with Crippen molar-refractivity contribution in [2.45, 2.75) is 19.9 Å². The molecule has 0 aromatic heterocycles. The molecule has 94 valence electrons. The normalized spacial score (nSPS) is 15.2. The molecule has 0 spiro atoms. The Balaban J connectivity index is 2.13. The molecule has 4 heteroatoms. The first kappa shape index (κ1) is 12.0. The summed E-state index contributed by atoms with van der Waals surface area (Å²) in [6.45, 7) is 7.34. The van der Waals surface area contributed by atoms with E-state index in [1.165, 1.54) is 0 Å². The van der Waals surface area contributed by atoms with Crippen molar-refractivity contribution in [1.82, 2.24) is 5.32 Å². The van der Waals surface area contributed by atoms with Crippen LogP contribution in [0.1, 0.15) is 13.8 Å². The molecule has 1 aliphatic heterocycles. The fourth-order valence-corrected chi connectivity index (χ4v) is 1.77. The Bertz CT molecular complexity index is 364. The van der Waals surface area contributed by atoms with E-state index in [9.17, 15) is 0 Å². The van der Waals surface area contributed by atoms with Crippen LogP contribution in [0.25, 0.3) is 0 Å². The standard InChI is InChI=1S/C13H20N2O2/c1-3-16-11-5-6-13(17-4-2)12(7-11)15-10-8-14-9-10/h5-7,10,14-15H,3-4,8-9H2,1-2H3. The van der Waals surface area contributed by atoms with E-state index in [1.807, 2.05) is 32.0 Å². The van der Waals surface area contributed by atoms with Crippen LogP contribution in [0.2, 0.25) is 0 Å². The van der Waals surface area contributed by atoms with Crippen molar-refractivity contribution in [2.24, 2.45) is 0 Å². The highest BCUT2D eigenvalue weighted by molar-refractivity contribution is 5.60. The maximum Gasteiger partial charge on any atom is 0.142 e. The Morgan fingerprint density at radius 2 is 2.00 bits per heavy atom. The van der Waals surface area contributed by atoms with E-state index in [-0.39, 0.29) is 0 Å². The van der Waals surface area contributed by atoms with E-state index in [2.05, 4.69) is 10.6 Å². The van der Waals surface area contributed by atoms with Gasteiger partial charge in [0.05, 0.1) is 24.9 Å². The average Bonchev–Trinajstić information content (AvgIpc) is 2.27. The van der Waals surface area contributed by atoms with Crippen molar-refractivity contribution >= 4 is 5.69 Å². The van der Waals surface area contributed by atoms with E-state index in [4.69, 9.17) is 9.47 Å². The number of nitrogens with one attached hydrogen (secondary N) is 2. The molecule has 0 unspecified atom stereocenters. The molecular formula is C13H20N2O2. The summed E-state index contributed by atoms with van der Waals surface area (Å²) in [5.41, 5.74) is 1.02. The first-order valence-corrected chi connectivity index (χ1v) is 6.20. The maximum absolute atomic E-state index is 5.60. The SMILES string of the molecule is CCOc1ccc(OCC)c(NC2CNC2)c1. The number of hydrogen-bond donors (Lipinski definition) is 2. The Morgan fingerprint density at radius 1 is 1.24 bits per heavy atom. The first-order valence-electron chi connectivity index (χ1n) is 6.20. The van der Waals surface area contributed by atoms with Crippen molar-refractivity contribution in [3.63, 3.8) is 0 Å². The lowest BCUT2D eigenvalue weighted by atomic mass is 10.1. The fourth-order valence-electron chi connectivity index (χ4n) is 1.77. The number of ether oxygens (including phenoxy) is 2. The molecule has 1 saturated heterocycles. The molecule has 2 rings (SSSR count). The zero-order valence-electron chi connectivity index (χ0n) is 10.5. The van der Waals surface area contributed by atoms with Crippen molar-refractivity contribution < 1.29 is 9.47 Å². The first-order chi connectivity index (χ1) is 8.33. The van der Waals surface area contributed by atoms with Gasteiger partial charge in [0.1, 0.15) is 11.5 Å². The van der Waals surface area contributed by atoms with Crippen molar-refractivity contribution in [3.05, 3.63) is 18.2 Å². The number of hydrogen-bond acceptors (Lipinski definition) is 4. The fraction of sp³-hybridized carbons (Fsp3) is 0.538. The van der Waals surface area contributed by atoms with Gasteiger partial charge in [-0.2, -0.15) is 0 Å². The zero-order valence-corrected chi connectivity index (χ0v) is 10.5. The molecule has 0 bridgehead atoms. The third-order valence-corrected chi connectivity index (χ3v) is 2.70. The Labute approximate surface area is 102 Å². The van der Waals surface area contributed by atoms with Gasteiger partial charge in [-0.25, -0.2) is 0 Å². The van der Waals surface area contributed by atoms with E-state index >= 15 is 0 Å².